The molecule has 0 aromatic heterocycles. The molecule has 94 valence electrons. The van der Waals surface area contributed by atoms with Gasteiger partial charge in [-0.15, -0.1) is 0 Å². The number of unbranched alkanes of at least 4 members (excludes halogenated alkanes) is 1. The lowest BCUT2D eigenvalue weighted by Gasteiger charge is -2.24. The van der Waals surface area contributed by atoms with Crippen molar-refractivity contribution >= 4 is 0 Å². The minimum Gasteiger partial charge on any atom is -0.314 e. The summed E-state index contributed by atoms with van der Waals surface area (Å²) in [6.45, 7) is 8.64. The fourth-order valence-corrected chi connectivity index (χ4v) is 2.73. The molecule has 2 rings (SSSR count). The summed E-state index contributed by atoms with van der Waals surface area (Å²) in [6, 6.07) is 1.69. The molecule has 1 aliphatic carbocycles. The van der Waals surface area contributed by atoms with Crippen LogP contribution in [0.3, 0.4) is 0 Å². The summed E-state index contributed by atoms with van der Waals surface area (Å²) in [5.74, 6) is 0.921. The molecule has 1 aliphatic heterocycles. The van der Waals surface area contributed by atoms with Gasteiger partial charge in [-0.3, -0.25) is 0 Å². The van der Waals surface area contributed by atoms with Crippen LogP contribution >= 0.6 is 0 Å². The van der Waals surface area contributed by atoms with Crippen LogP contribution in [0.4, 0.5) is 0 Å². The molecule has 1 N–H and O–H groups in total. The van der Waals surface area contributed by atoms with Crippen molar-refractivity contribution in [2.45, 2.75) is 64.5 Å². The molecule has 1 saturated carbocycles. The Balaban J connectivity index is 1.61. The smallest absolute Gasteiger partial charge is 0.00683 e. The molecule has 2 nitrogen and oxygen atoms in total. The first-order valence-corrected chi connectivity index (χ1v) is 7.27. The summed E-state index contributed by atoms with van der Waals surface area (Å²) in [5.41, 5.74) is 0. The van der Waals surface area contributed by atoms with E-state index in [2.05, 4.69) is 24.1 Å². The van der Waals surface area contributed by atoms with E-state index in [0.29, 0.717) is 0 Å². The molecule has 0 radical (unpaired) electrons. The number of hydrogen-bond acceptors (Lipinski definition) is 2. The molecular weight excluding hydrogens is 196 g/mol. The van der Waals surface area contributed by atoms with E-state index in [0.717, 1.165) is 18.0 Å². The molecule has 2 aliphatic rings. The third kappa shape index (κ3) is 3.74. The van der Waals surface area contributed by atoms with Crippen LogP contribution in [-0.4, -0.2) is 36.6 Å². The largest absolute Gasteiger partial charge is 0.314 e. The second kappa shape index (κ2) is 6.02. The van der Waals surface area contributed by atoms with Crippen LogP contribution in [0.1, 0.15) is 52.4 Å². The van der Waals surface area contributed by atoms with Gasteiger partial charge in [-0.25, -0.2) is 0 Å². The normalized spacial score (nSPS) is 28.5. The Labute approximate surface area is 101 Å². The maximum Gasteiger partial charge on any atom is 0.00683 e. The summed E-state index contributed by atoms with van der Waals surface area (Å²) in [7, 11) is 0. The molecule has 16 heavy (non-hydrogen) atoms. The minimum atomic E-state index is 0.811. The Bertz CT molecular complexity index is 201. The van der Waals surface area contributed by atoms with E-state index in [4.69, 9.17) is 0 Å². The topological polar surface area (TPSA) is 15.3 Å². The average molecular weight is 224 g/mol. The van der Waals surface area contributed by atoms with Gasteiger partial charge in [-0.1, -0.05) is 19.8 Å². The average Bonchev–Trinajstić information content (AvgIpc) is 3.00. The van der Waals surface area contributed by atoms with Crippen LogP contribution in [0.2, 0.25) is 0 Å². The molecule has 1 saturated heterocycles. The molecule has 2 atom stereocenters. The Morgan fingerprint density at radius 1 is 1.31 bits per heavy atom. The van der Waals surface area contributed by atoms with Gasteiger partial charge in [0.25, 0.3) is 0 Å². The van der Waals surface area contributed by atoms with Crippen molar-refractivity contribution in [1.29, 1.82) is 0 Å². The standard InChI is InChI=1S/C14H28N2/c1-3-4-5-12(2)16-9-8-13(11-16)10-15-14-6-7-14/h12-15H,3-11H2,1-2H3. The molecule has 0 aromatic carbocycles. The van der Waals surface area contributed by atoms with Crippen molar-refractivity contribution in [3.05, 3.63) is 0 Å². The lowest BCUT2D eigenvalue weighted by molar-refractivity contribution is 0.233. The fraction of sp³-hybridized carbons (Fsp3) is 1.00. The summed E-state index contributed by atoms with van der Waals surface area (Å²) in [6.07, 6.45) is 8.37. The van der Waals surface area contributed by atoms with E-state index < -0.39 is 0 Å². The van der Waals surface area contributed by atoms with E-state index in [-0.39, 0.29) is 0 Å². The summed E-state index contributed by atoms with van der Waals surface area (Å²) in [5, 5.41) is 3.67. The molecule has 0 spiro atoms. The highest BCUT2D eigenvalue weighted by atomic mass is 15.2. The van der Waals surface area contributed by atoms with Crippen LogP contribution in [-0.2, 0) is 0 Å². The summed E-state index contributed by atoms with van der Waals surface area (Å²) >= 11 is 0. The molecular formula is C14H28N2. The first-order chi connectivity index (χ1) is 7.79. The van der Waals surface area contributed by atoms with E-state index in [1.54, 1.807) is 0 Å². The van der Waals surface area contributed by atoms with Crippen LogP contribution in [0, 0.1) is 5.92 Å². The van der Waals surface area contributed by atoms with Crippen molar-refractivity contribution in [3.63, 3.8) is 0 Å². The van der Waals surface area contributed by atoms with Crippen LogP contribution in [0.15, 0.2) is 0 Å². The minimum absolute atomic E-state index is 0.811. The van der Waals surface area contributed by atoms with Crippen LogP contribution in [0.5, 0.6) is 0 Å². The van der Waals surface area contributed by atoms with Crippen molar-refractivity contribution in [1.82, 2.24) is 10.2 Å². The third-order valence-corrected chi connectivity index (χ3v) is 4.19. The lowest BCUT2D eigenvalue weighted by atomic mass is 10.1. The zero-order valence-electron chi connectivity index (χ0n) is 11.0. The van der Waals surface area contributed by atoms with Crippen molar-refractivity contribution in [2.24, 2.45) is 5.92 Å². The Kier molecular flexibility index (Phi) is 4.66. The quantitative estimate of drug-likeness (QED) is 0.715. The Morgan fingerprint density at radius 2 is 2.12 bits per heavy atom. The zero-order valence-corrected chi connectivity index (χ0v) is 11.0. The first-order valence-electron chi connectivity index (χ1n) is 7.27. The van der Waals surface area contributed by atoms with E-state index in [1.807, 2.05) is 0 Å². The molecule has 1 heterocycles. The van der Waals surface area contributed by atoms with Crippen molar-refractivity contribution in [2.75, 3.05) is 19.6 Å². The van der Waals surface area contributed by atoms with Gasteiger partial charge in [0.1, 0.15) is 0 Å². The van der Waals surface area contributed by atoms with Gasteiger partial charge in [0.05, 0.1) is 0 Å². The Hall–Kier alpha value is -0.0800. The molecule has 2 fully saturated rings. The van der Waals surface area contributed by atoms with E-state index in [9.17, 15) is 0 Å². The summed E-state index contributed by atoms with van der Waals surface area (Å²) < 4.78 is 0. The molecule has 0 aromatic rings. The zero-order chi connectivity index (χ0) is 11.4. The van der Waals surface area contributed by atoms with Gasteiger partial charge in [0, 0.05) is 18.6 Å². The van der Waals surface area contributed by atoms with Gasteiger partial charge in [-0.2, -0.15) is 0 Å². The van der Waals surface area contributed by atoms with Crippen molar-refractivity contribution in [3.8, 4) is 0 Å². The summed E-state index contributed by atoms with van der Waals surface area (Å²) in [4.78, 5) is 2.70. The van der Waals surface area contributed by atoms with Crippen LogP contribution < -0.4 is 5.32 Å². The number of nitrogens with zero attached hydrogens (tertiary/aromatic N) is 1. The first kappa shape index (κ1) is 12.4. The van der Waals surface area contributed by atoms with Gasteiger partial charge >= 0.3 is 0 Å². The number of hydrogen-bond donors (Lipinski definition) is 1. The highest BCUT2D eigenvalue weighted by Crippen LogP contribution is 2.23. The second-order valence-corrected chi connectivity index (χ2v) is 5.82. The highest BCUT2D eigenvalue weighted by Gasteiger charge is 2.27. The van der Waals surface area contributed by atoms with Gasteiger partial charge in [0.2, 0.25) is 0 Å². The Morgan fingerprint density at radius 3 is 2.81 bits per heavy atom. The van der Waals surface area contributed by atoms with Gasteiger partial charge in [-0.05, 0) is 51.6 Å². The number of likely N-dealkylation sites (tertiary alicyclic amines) is 1. The predicted molar refractivity (Wildman–Crippen MR) is 69.7 cm³/mol. The van der Waals surface area contributed by atoms with E-state index in [1.165, 1.54) is 58.2 Å². The number of nitrogens with one attached hydrogen (secondary N) is 1. The molecule has 0 bridgehead atoms. The predicted octanol–water partition coefficient (Wildman–Crippen LogP) is 2.64. The fourth-order valence-electron chi connectivity index (χ4n) is 2.73. The van der Waals surface area contributed by atoms with Crippen molar-refractivity contribution < 1.29 is 0 Å². The SMILES string of the molecule is CCCCC(C)N1CCC(CNC2CC2)C1. The highest BCUT2D eigenvalue weighted by molar-refractivity contribution is 4.85. The second-order valence-electron chi connectivity index (χ2n) is 5.82. The molecule has 2 unspecified atom stereocenters. The third-order valence-electron chi connectivity index (χ3n) is 4.19. The van der Waals surface area contributed by atoms with Gasteiger partial charge < -0.3 is 10.2 Å². The van der Waals surface area contributed by atoms with Gasteiger partial charge in [0.15, 0.2) is 0 Å². The molecule has 2 heteroatoms. The number of rotatable bonds is 7. The van der Waals surface area contributed by atoms with E-state index >= 15 is 0 Å². The maximum absolute atomic E-state index is 3.67. The molecule has 0 amide bonds. The van der Waals surface area contributed by atoms with Crippen LogP contribution in [0.25, 0.3) is 0 Å². The lowest BCUT2D eigenvalue weighted by Crippen LogP contribution is -2.33. The maximum atomic E-state index is 3.67. The monoisotopic (exact) mass is 224 g/mol.